The Morgan fingerprint density at radius 3 is 2.06 bits per heavy atom. The minimum absolute atomic E-state index is 0.243. The standard InChI is InChI=1S/C10H14F4O4/c1-2-3-4-5-6-18-8(17)10(13,14)9(11,12)7(15)16/h2-6H2,1H3,(H,15,16)/p-1. The van der Waals surface area contributed by atoms with Crippen molar-refractivity contribution in [2.24, 2.45) is 0 Å². The number of aliphatic carboxylic acids is 1. The number of carbonyl (C=O) groups is 2. The normalized spacial score (nSPS) is 12.3. The molecule has 0 unspecified atom stereocenters. The first-order chi connectivity index (χ1) is 8.17. The molecule has 0 saturated heterocycles. The maximum absolute atomic E-state index is 12.8. The summed E-state index contributed by atoms with van der Waals surface area (Å²) < 4.78 is 54.5. The van der Waals surface area contributed by atoms with Gasteiger partial charge in [-0.15, -0.1) is 0 Å². The molecule has 0 rings (SSSR count). The van der Waals surface area contributed by atoms with Gasteiger partial charge in [-0.1, -0.05) is 26.2 Å². The molecule has 8 heteroatoms. The highest BCUT2D eigenvalue weighted by atomic mass is 19.3. The molecule has 0 aliphatic carbocycles. The first kappa shape index (κ1) is 16.7. The largest absolute Gasteiger partial charge is 0.544 e. The predicted molar refractivity (Wildman–Crippen MR) is 50.0 cm³/mol. The molecule has 0 aromatic carbocycles. The fourth-order valence-corrected chi connectivity index (χ4v) is 1.04. The molecule has 0 heterocycles. The zero-order valence-corrected chi connectivity index (χ0v) is 9.68. The predicted octanol–water partition coefficient (Wildman–Crippen LogP) is 1.13. The molecule has 0 bridgehead atoms. The third-order valence-electron chi connectivity index (χ3n) is 2.14. The van der Waals surface area contributed by atoms with Crippen LogP contribution in [0.1, 0.15) is 32.6 Å². The highest BCUT2D eigenvalue weighted by Gasteiger charge is 2.64. The minimum atomic E-state index is -5.59. The fourth-order valence-electron chi connectivity index (χ4n) is 1.04. The number of ether oxygens (including phenoxy) is 1. The number of carboxylic acids is 1. The van der Waals surface area contributed by atoms with Crippen LogP contribution in [0.2, 0.25) is 0 Å². The van der Waals surface area contributed by atoms with E-state index >= 15 is 0 Å². The first-order valence-corrected chi connectivity index (χ1v) is 5.32. The smallest absolute Gasteiger partial charge is 0.410 e. The lowest BCUT2D eigenvalue weighted by Gasteiger charge is -2.25. The van der Waals surface area contributed by atoms with E-state index in [9.17, 15) is 32.3 Å². The molecule has 0 radical (unpaired) electrons. The molecule has 0 fully saturated rings. The lowest BCUT2D eigenvalue weighted by Crippen LogP contribution is -2.58. The fraction of sp³-hybridized carbons (Fsp3) is 0.800. The van der Waals surface area contributed by atoms with Crippen LogP contribution in [0.4, 0.5) is 17.6 Å². The molecule has 0 saturated carbocycles. The number of rotatable bonds is 8. The van der Waals surface area contributed by atoms with Crippen LogP contribution in [0.5, 0.6) is 0 Å². The van der Waals surface area contributed by atoms with Crippen molar-refractivity contribution in [3.8, 4) is 0 Å². The van der Waals surface area contributed by atoms with Crippen LogP contribution in [0.25, 0.3) is 0 Å². The van der Waals surface area contributed by atoms with Gasteiger partial charge in [0, 0.05) is 0 Å². The summed E-state index contributed by atoms with van der Waals surface area (Å²) in [6, 6.07) is 0. The molecule has 0 atom stereocenters. The lowest BCUT2D eigenvalue weighted by atomic mass is 10.2. The van der Waals surface area contributed by atoms with Crippen LogP contribution in [0, 0.1) is 0 Å². The van der Waals surface area contributed by atoms with E-state index in [1.54, 1.807) is 0 Å². The number of esters is 1. The van der Waals surface area contributed by atoms with Gasteiger partial charge in [0.15, 0.2) is 0 Å². The zero-order valence-electron chi connectivity index (χ0n) is 9.68. The monoisotopic (exact) mass is 273 g/mol. The number of hydrogen-bond acceptors (Lipinski definition) is 4. The van der Waals surface area contributed by atoms with Crippen LogP contribution < -0.4 is 5.11 Å². The van der Waals surface area contributed by atoms with E-state index in [4.69, 9.17) is 0 Å². The summed E-state index contributed by atoms with van der Waals surface area (Å²) in [6.07, 6.45) is 2.47. The van der Waals surface area contributed by atoms with Crippen molar-refractivity contribution in [2.75, 3.05) is 6.61 Å². The van der Waals surface area contributed by atoms with E-state index in [1.165, 1.54) is 0 Å². The average molecular weight is 273 g/mol. The summed E-state index contributed by atoms with van der Waals surface area (Å²) in [4.78, 5) is 20.5. The number of halogens is 4. The number of alkyl halides is 4. The molecule has 0 aromatic rings. The maximum Gasteiger partial charge on any atom is 0.410 e. The van der Waals surface area contributed by atoms with Gasteiger partial charge >= 0.3 is 17.8 Å². The van der Waals surface area contributed by atoms with Crippen LogP contribution in [0.3, 0.4) is 0 Å². The average Bonchev–Trinajstić information content (AvgIpc) is 2.27. The van der Waals surface area contributed by atoms with Gasteiger partial charge < -0.3 is 14.6 Å². The zero-order chi connectivity index (χ0) is 14.4. The van der Waals surface area contributed by atoms with Crippen LogP contribution in [-0.4, -0.2) is 30.4 Å². The van der Waals surface area contributed by atoms with E-state index in [0.717, 1.165) is 12.8 Å². The van der Waals surface area contributed by atoms with Gasteiger partial charge in [-0.2, -0.15) is 17.6 Å². The Morgan fingerprint density at radius 2 is 1.61 bits per heavy atom. The Balaban J connectivity index is 4.36. The Morgan fingerprint density at radius 1 is 1.06 bits per heavy atom. The quantitative estimate of drug-likeness (QED) is 0.378. The number of unbranched alkanes of at least 4 members (excludes halogenated alkanes) is 3. The second-order valence-corrected chi connectivity index (χ2v) is 3.63. The summed E-state index contributed by atoms with van der Waals surface area (Å²) in [5.41, 5.74) is 0. The SMILES string of the molecule is CCCCCCOC(=O)C(F)(F)C(F)(F)C(=O)[O-]. The topological polar surface area (TPSA) is 66.4 Å². The molecule has 4 nitrogen and oxygen atoms in total. The van der Waals surface area contributed by atoms with Crippen molar-refractivity contribution in [1.29, 1.82) is 0 Å². The Hall–Kier alpha value is -1.34. The molecular formula is C10H13F4O4-. The van der Waals surface area contributed by atoms with Gasteiger partial charge in [-0.3, -0.25) is 0 Å². The molecule has 0 aliphatic rings. The highest BCUT2D eigenvalue weighted by Crippen LogP contribution is 2.34. The lowest BCUT2D eigenvalue weighted by molar-refractivity contribution is -0.346. The number of hydrogen-bond donors (Lipinski definition) is 0. The number of carbonyl (C=O) groups excluding carboxylic acids is 2. The summed E-state index contributed by atoms with van der Waals surface area (Å²) in [5, 5.41) is 9.84. The van der Waals surface area contributed by atoms with Gasteiger partial charge in [0.2, 0.25) is 0 Å². The molecule has 18 heavy (non-hydrogen) atoms. The molecular weight excluding hydrogens is 260 g/mol. The van der Waals surface area contributed by atoms with E-state index in [2.05, 4.69) is 4.74 Å². The molecule has 0 amide bonds. The van der Waals surface area contributed by atoms with Crippen molar-refractivity contribution < 1.29 is 37.0 Å². The molecule has 106 valence electrons. The molecule has 0 aliphatic heterocycles. The molecule has 0 aromatic heterocycles. The second-order valence-electron chi connectivity index (χ2n) is 3.63. The van der Waals surface area contributed by atoms with Gasteiger partial charge in [-0.25, -0.2) is 4.79 Å². The van der Waals surface area contributed by atoms with E-state index < -0.39 is 30.4 Å². The van der Waals surface area contributed by atoms with Crippen molar-refractivity contribution in [2.45, 2.75) is 44.5 Å². The maximum atomic E-state index is 12.8. The van der Waals surface area contributed by atoms with E-state index in [-0.39, 0.29) is 6.42 Å². The minimum Gasteiger partial charge on any atom is -0.544 e. The summed E-state index contributed by atoms with van der Waals surface area (Å²) >= 11 is 0. The Bertz CT molecular complexity index is 304. The molecule has 0 N–H and O–H groups in total. The summed E-state index contributed by atoms with van der Waals surface area (Å²) in [7, 11) is 0. The Labute approximate surface area is 101 Å². The van der Waals surface area contributed by atoms with Crippen LogP contribution in [-0.2, 0) is 14.3 Å². The van der Waals surface area contributed by atoms with E-state index in [0.29, 0.717) is 6.42 Å². The Kier molecular flexibility index (Phi) is 6.07. The van der Waals surface area contributed by atoms with Crippen LogP contribution in [0.15, 0.2) is 0 Å². The van der Waals surface area contributed by atoms with E-state index in [1.807, 2.05) is 6.92 Å². The summed E-state index contributed by atoms with van der Waals surface area (Å²) in [5.74, 6) is -16.9. The van der Waals surface area contributed by atoms with Gasteiger partial charge in [0.05, 0.1) is 6.61 Å². The van der Waals surface area contributed by atoms with Crippen molar-refractivity contribution >= 4 is 11.9 Å². The third-order valence-corrected chi connectivity index (χ3v) is 2.14. The highest BCUT2D eigenvalue weighted by molar-refractivity contribution is 5.88. The van der Waals surface area contributed by atoms with Crippen molar-refractivity contribution in [1.82, 2.24) is 0 Å². The second kappa shape index (κ2) is 6.55. The summed E-state index contributed by atoms with van der Waals surface area (Å²) in [6.45, 7) is 1.43. The van der Waals surface area contributed by atoms with Crippen LogP contribution >= 0.6 is 0 Å². The molecule has 0 spiro atoms. The van der Waals surface area contributed by atoms with Crippen molar-refractivity contribution in [3.63, 3.8) is 0 Å². The van der Waals surface area contributed by atoms with Gasteiger partial charge in [0.25, 0.3) is 0 Å². The van der Waals surface area contributed by atoms with Crippen molar-refractivity contribution in [3.05, 3.63) is 0 Å². The van der Waals surface area contributed by atoms with Gasteiger partial charge in [0.1, 0.15) is 5.97 Å². The van der Waals surface area contributed by atoms with Gasteiger partial charge in [-0.05, 0) is 6.42 Å². The number of carboxylic acid groups (broad SMARTS) is 1. The first-order valence-electron chi connectivity index (χ1n) is 5.32. The third kappa shape index (κ3) is 3.85.